The van der Waals surface area contributed by atoms with Crippen LogP contribution in [0.3, 0.4) is 0 Å². The van der Waals surface area contributed by atoms with Crippen LogP contribution in [0.15, 0.2) is 146 Å². The zero-order valence-electron chi connectivity index (χ0n) is 48.5. The molecule has 4 aromatic heterocycles. The monoisotopic (exact) mass is 1820 g/mol. The van der Waals surface area contributed by atoms with Crippen molar-refractivity contribution in [3.05, 3.63) is 231 Å². The zero-order chi connectivity index (χ0) is 73.1. The SMILES string of the molecule is COc1ccc(/C=C/c2nc(C(Cl)(Cl)Cl)nc(C(Cl)(Cl)Cl)n2)cc1.ClC(Cl)(Cl)c1nc(-c2ccc(/C=C/c3ccccc3)cc2)nc(C(Cl)(Cl)Cl)n1.ClC(Cl)(Cl)c1nc(-c2ccc3ccccc3c2)nc(C(Cl)(Cl)Cl)n1.Clc1ccc(/C=C/c2nc(C(Cl)(Cl)Cl)nc(C(Cl)(Cl)Cl)n2)cc1. The van der Waals surface area contributed by atoms with Crippen LogP contribution < -0.4 is 4.74 Å². The molecule has 0 saturated heterocycles. The summed E-state index contributed by atoms with van der Waals surface area (Å²) in [5, 5.41) is 2.69. The third kappa shape index (κ3) is 27.0. The fourth-order valence-corrected chi connectivity index (χ4v) is 9.57. The van der Waals surface area contributed by atoms with E-state index < -0.39 is 30.3 Å². The van der Waals surface area contributed by atoms with Crippen LogP contribution in [0.1, 0.15) is 80.5 Å². The first kappa shape index (κ1) is 84.2. The summed E-state index contributed by atoms with van der Waals surface area (Å²) < 4.78 is -9.95. The molecular formula is C61H33Cl25N12O. The third-order valence-electron chi connectivity index (χ3n) is 11.9. The summed E-state index contributed by atoms with van der Waals surface area (Å²) in [6, 6.07) is 45.4. The first-order chi connectivity index (χ1) is 45.9. The van der Waals surface area contributed by atoms with Gasteiger partial charge in [0.1, 0.15) is 5.75 Å². The lowest BCUT2D eigenvalue weighted by Crippen LogP contribution is -2.16. The Hall–Kier alpha value is -2.11. The van der Waals surface area contributed by atoms with E-state index in [2.05, 4.69) is 59.8 Å². The second-order valence-corrected chi connectivity index (χ2v) is 37.9. The molecule has 0 fully saturated rings. The van der Waals surface area contributed by atoms with Crippen molar-refractivity contribution in [1.82, 2.24) is 59.8 Å². The van der Waals surface area contributed by atoms with Crippen molar-refractivity contribution < 1.29 is 4.74 Å². The second-order valence-electron chi connectivity index (χ2n) is 19.2. The number of methoxy groups -OCH3 is 1. The third-order valence-corrected chi connectivity index (χ3v) is 16.2. The summed E-state index contributed by atoms with van der Waals surface area (Å²) in [6.45, 7) is 0. The number of rotatable bonds is 9. The summed E-state index contributed by atoms with van der Waals surface area (Å²) in [4.78, 5) is 48.7. The topological polar surface area (TPSA) is 164 Å². The van der Waals surface area contributed by atoms with Crippen LogP contribution in [0, 0.1) is 0 Å². The predicted octanol–water partition coefficient (Wildman–Crippen LogP) is 25.8. The number of fused-ring (bicyclic) bond motifs is 1. The van der Waals surface area contributed by atoms with Crippen molar-refractivity contribution >= 4 is 337 Å². The average molecular weight is 1840 g/mol. The molecule has 13 nitrogen and oxygen atoms in total. The fraction of sp³-hybridized carbons (Fsp3) is 0.148. The van der Waals surface area contributed by atoms with Gasteiger partial charge in [-0.3, -0.25) is 0 Å². The smallest absolute Gasteiger partial charge is 0.250 e. The van der Waals surface area contributed by atoms with E-state index in [0.29, 0.717) is 16.1 Å². The maximum Gasteiger partial charge on any atom is 0.250 e. The molecule has 10 rings (SSSR count). The van der Waals surface area contributed by atoms with Gasteiger partial charge >= 0.3 is 0 Å². The minimum atomic E-state index is -1.89. The molecule has 0 aliphatic rings. The average Bonchev–Trinajstić information content (AvgIpc) is 0.783. The van der Waals surface area contributed by atoms with Crippen LogP contribution in [0.25, 0.3) is 70.0 Å². The molecule has 10 aromatic rings. The molecule has 0 spiro atoms. The Morgan fingerprint density at radius 3 is 0.879 bits per heavy atom. The van der Waals surface area contributed by atoms with Gasteiger partial charge in [-0.2, -0.15) is 0 Å². The standard InChI is InChI=1S/C19H11Cl6N3.C15H7Cl6N3.C14H9Cl6N3O.C13H6Cl7N3/c20-18(21,22)16-26-15(27-17(28-16)19(23,24)25)14-10-8-13(9-11-14)7-6-12-4-2-1-3-5-12;16-14(17,18)12-22-11(23-13(24-12)15(19,20)21)10-6-5-8-3-1-2-4-9(8)7-10;1-24-9-5-2-8(3-6-9)4-7-10-21-11(13(15,16)17)23-12(22-10)14(18,19)20;14-8-4-1-7(2-5-8)3-6-9-21-10(12(15,16)17)23-11(22-9)13(18,19)20/h1-11H;1-7H;2-7H,1H3;1-6H/b7-6+;;7-4+;6-3+. The molecule has 99 heavy (non-hydrogen) atoms. The van der Waals surface area contributed by atoms with Crippen molar-refractivity contribution in [2.24, 2.45) is 0 Å². The number of benzene rings is 6. The summed E-state index contributed by atoms with van der Waals surface area (Å²) >= 11 is 146. The number of alkyl halides is 24. The molecule has 0 atom stereocenters. The maximum absolute atomic E-state index is 5.90. The fourth-order valence-electron chi connectivity index (χ4n) is 7.42. The number of ether oxygens (including phenoxy) is 1. The van der Waals surface area contributed by atoms with Gasteiger partial charge in [0, 0.05) is 16.1 Å². The van der Waals surface area contributed by atoms with Crippen LogP contribution in [0.5, 0.6) is 5.75 Å². The first-order valence-electron chi connectivity index (χ1n) is 26.6. The Morgan fingerprint density at radius 2 is 0.535 bits per heavy atom. The molecule has 518 valence electrons. The van der Waals surface area contributed by atoms with Crippen molar-refractivity contribution in [2.45, 2.75) is 30.3 Å². The summed E-state index contributed by atoms with van der Waals surface area (Å²) in [7, 11) is 1.59. The Kier molecular flexibility index (Phi) is 30.6. The van der Waals surface area contributed by atoms with E-state index in [0.717, 1.165) is 38.8 Å². The molecule has 38 heteroatoms. The van der Waals surface area contributed by atoms with E-state index in [4.69, 9.17) is 295 Å². The number of nitrogens with zero attached hydrogens (tertiary/aromatic N) is 12. The normalized spacial score (nSPS) is 12.6. The summed E-state index contributed by atoms with van der Waals surface area (Å²) in [6.07, 6.45) is 10.6. The van der Waals surface area contributed by atoms with E-state index in [1.54, 1.807) is 43.5 Å². The van der Waals surface area contributed by atoms with Gasteiger partial charge in [-0.25, -0.2) is 59.8 Å². The van der Waals surface area contributed by atoms with Gasteiger partial charge in [-0.15, -0.1) is 0 Å². The van der Waals surface area contributed by atoms with Crippen molar-refractivity contribution in [3.8, 4) is 28.5 Å². The van der Waals surface area contributed by atoms with Crippen LogP contribution >= 0.6 is 290 Å². The highest BCUT2D eigenvalue weighted by Gasteiger charge is 2.38. The molecule has 0 amide bonds. The van der Waals surface area contributed by atoms with Crippen molar-refractivity contribution in [2.75, 3.05) is 7.11 Å². The molecule has 0 aliphatic heterocycles. The van der Waals surface area contributed by atoms with Crippen molar-refractivity contribution in [1.29, 1.82) is 0 Å². The molecule has 0 radical (unpaired) electrons. The highest BCUT2D eigenvalue weighted by atomic mass is 35.6. The lowest BCUT2D eigenvalue weighted by atomic mass is 10.1. The molecule has 0 unspecified atom stereocenters. The molecule has 6 aromatic carbocycles. The van der Waals surface area contributed by atoms with Crippen LogP contribution in [-0.4, -0.2) is 66.9 Å². The highest BCUT2D eigenvalue weighted by Crippen LogP contribution is 2.45. The maximum atomic E-state index is 5.90. The molecule has 4 heterocycles. The second kappa shape index (κ2) is 36.0. The molecule has 0 bridgehead atoms. The van der Waals surface area contributed by atoms with Crippen molar-refractivity contribution in [3.63, 3.8) is 0 Å². The quantitative estimate of drug-likeness (QED) is 0.0991. The van der Waals surface area contributed by atoms with Gasteiger partial charge < -0.3 is 4.74 Å². The summed E-state index contributed by atoms with van der Waals surface area (Å²) in [5.74, 6) is 0.522. The number of hydrogen-bond donors (Lipinski definition) is 0. The predicted molar refractivity (Wildman–Crippen MR) is 419 cm³/mol. The minimum Gasteiger partial charge on any atom is -0.497 e. The van der Waals surface area contributed by atoms with Crippen LogP contribution in [0.4, 0.5) is 0 Å². The van der Waals surface area contributed by atoms with Gasteiger partial charge in [0.2, 0.25) is 30.3 Å². The largest absolute Gasteiger partial charge is 0.497 e. The highest BCUT2D eigenvalue weighted by molar-refractivity contribution is 6.70. The van der Waals surface area contributed by atoms with Gasteiger partial charge in [-0.05, 0) is 75.5 Å². The van der Waals surface area contributed by atoms with E-state index in [-0.39, 0.29) is 69.9 Å². The number of halogens is 25. The van der Waals surface area contributed by atoms with E-state index >= 15 is 0 Å². The van der Waals surface area contributed by atoms with Gasteiger partial charge in [-0.1, -0.05) is 430 Å². The molecule has 0 aliphatic carbocycles. The number of hydrogen-bond acceptors (Lipinski definition) is 13. The lowest BCUT2D eigenvalue weighted by Gasteiger charge is -2.15. The van der Waals surface area contributed by atoms with E-state index in [1.165, 1.54) is 0 Å². The van der Waals surface area contributed by atoms with Gasteiger partial charge in [0.25, 0.3) is 0 Å². The number of aromatic nitrogens is 12. The van der Waals surface area contributed by atoms with Gasteiger partial charge in [0.15, 0.2) is 69.9 Å². The summed E-state index contributed by atoms with van der Waals surface area (Å²) in [5.41, 5.74) is 5.17. The minimum absolute atomic E-state index is 0.119. The zero-order valence-corrected chi connectivity index (χ0v) is 67.4. The van der Waals surface area contributed by atoms with Crippen LogP contribution in [0.2, 0.25) is 5.02 Å². The molecule has 0 saturated carbocycles. The Bertz CT molecular complexity index is 4350. The molecular weight excluding hydrogens is 1800 g/mol. The Labute approximate surface area is 690 Å². The lowest BCUT2D eigenvalue weighted by molar-refractivity contribution is 0.415. The van der Waals surface area contributed by atoms with Crippen LogP contribution in [-0.2, 0) is 30.3 Å². The Morgan fingerprint density at radius 1 is 0.263 bits per heavy atom. The van der Waals surface area contributed by atoms with E-state index in [9.17, 15) is 0 Å². The Balaban J connectivity index is 0.000000186. The molecule has 0 N–H and O–H groups in total. The van der Waals surface area contributed by atoms with E-state index in [1.807, 2.05) is 146 Å². The van der Waals surface area contributed by atoms with Gasteiger partial charge in [0.05, 0.1) is 7.11 Å². The first-order valence-corrected chi connectivity index (χ1v) is 36.1.